The van der Waals surface area contributed by atoms with Gasteiger partial charge in [0.1, 0.15) is 0 Å². The fraction of sp³-hybridized carbons (Fsp3) is 0.471. The number of urea groups is 1. The molecule has 0 radical (unpaired) electrons. The molecular weight excluding hydrogens is 340 g/mol. The highest BCUT2D eigenvalue weighted by atomic mass is 32.2. The number of hydrogen-bond acceptors (Lipinski definition) is 3. The van der Waals surface area contributed by atoms with Gasteiger partial charge in [0.15, 0.2) is 5.92 Å². The van der Waals surface area contributed by atoms with Crippen LogP contribution in [0.5, 0.6) is 0 Å². The molecule has 2 aliphatic heterocycles. The largest absolute Gasteiger partial charge is 0.481 e. The minimum absolute atomic E-state index is 0.112. The van der Waals surface area contributed by atoms with Crippen molar-refractivity contribution >= 4 is 29.5 Å². The summed E-state index contributed by atoms with van der Waals surface area (Å²) in [5, 5.41) is 15.7. The lowest BCUT2D eigenvalue weighted by molar-refractivity contribution is -0.140. The number of fused-ring (bicyclic) bond motifs is 1. The first kappa shape index (κ1) is 17.5. The summed E-state index contributed by atoms with van der Waals surface area (Å²) in [6.07, 6.45) is 1.88. The van der Waals surface area contributed by atoms with E-state index in [9.17, 15) is 20.2 Å². The Hall–Kier alpha value is -2.31. The Balaban J connectivity index is 1.60. The molecule has 2 saturated heterocycles. The van der Waals surface area contributed by atoms with Crippen LogP contribution in [0.1, 0.15) is 24.8 Å². The van der Waals surface area contributed by atoms with E-state index in [1.165, 1.54) is 0 Å². The Bertz CT molecular complexity index is 705. The molecule has 0 saturated carbocycles. The molecule has 7 nitrogen and oxygen atoms in total. The van der Waals surface area contributed by atoms with Gasteiger partial charge in [-0.05, 0) is 25.0 Å². The van der Waals surface area contributed by atoms with Gasteiger partial charge in [-0.25, -0.2) is 4.79 Å². The van der Waals surface area contributed by atoms with Crippen molar-refractivity contribution in [2.75, 3.05) is 5.75 Å². The fourth-order valence-corrected chi connectivity index (χ4v) is 5.02. The Labute approximate surface area is 149 Å². The summed E-state index contributed by atoms with van der Waals surface area (Å²) in [5.41, 5.74) is 10.1. The van der Waals surface area contributed by atoms with Crippen molar-refractivity contribution in [3.05, 3.63) is 41.4 Å². The van der Waals surface area contributed by atoms with Crippen LogP contribution < -0.4 is 10.6 Å². The number of amides is 2. The molecule has 1 aromatic rings. The number of carboxylic acid groups (broad SMARTS) is 1. The third-order valence-corrected chi connectivity index (χ3v) is 6.23. The van der Waals surface area contributed by atoms with Crippen molar-refractivity contribution in [3.63, 3.8) is 0 Å². The van der Waals surface area contributed by atoms with Crippen molar-refractivity contribution in [2.24, 2.45) is 5.92 Å². The Kier molecular flexibility index (Phi) is 5.40. The molecule has 132 valence electrons. The second kappa shape index (κ2) is 7.72. The lowest BCUT2D eigenvalue weighted by Crippen LogP contribution is -2.37. The van der Waals surface area contributed by atoms with E-state index in [0.717, 1.165) is 12.2 Å². The fourth-order valence-electron chi connectivity index (χ4n) is 3.48. The van der Waals surface area contributed by atoms with Crippen LogP contribution >= 0.6 is 11.8 Å². The van der Waals surface area contributed by atoms with Crippen LogP contribution in [0, 0.1) is 5.92 Å². The van der Waals surface area contributed by atoms with E-state index in [2.05, 4.69) is 15.4 Å². The number of rotatable bonds is 7. The van der Waals surface area contributed by atoms with Gasteiger partial charge in [-0.15, -0.1) is 0 Å². The van der Waals surface area contributed by atoms with Crippen molar-refractivity contribution in [1.29, 1.82) is 0 Å². The highest BCUT2D eigenvalue weighted by Crippen LogP contribution is 2.33. The minimum Gasteiger partial charge on any atom is -0.481 e. The molecule has 25 heavy (non-hydrogen) atoms. The molecule has 2 amide bonds. The quantitative estimate of drug-likeness (QED) is 0.297. The number of benzene rings is 1. The molecule has 0 spiro atoms. The van der Waals surface area contributed by atoms with Gasteiger partial charge in [0, 0.05) is 11.0 Å². The Morgan fingerprint density at radius 1 is 1.36 bits per heavy atom. The van der Waals surface area contributed by atoms with E-state index >= 15 is 0 Å². The summed E-state index contributed by atoms with van der Waals surface area (Å²) in [4.78, 5) is 26.3. The maximum atomic E-state index is 11.7. The maximum absolute atomic E-state index is 11.7. The first-order valence-corrected chi connectivity index (χ1v) is 9.34. The molecule has 0 aromatic heterocycles. The summed E-state index contributed by atoms with van der Waals surface area (Å²) in [5.74, 6) is -0.973. The molecule has 0 bridgehead atoms. The summed E-state index contributed by atoms with van der Waals surface area (Å²) >= 11 is 1.80. The summed E-state index contributed by atoms with van der Waals surface area (Å²) in [6.45, 7) is 0. The third-order valence-electron chi connectivity index (χ3n) is 4.73. The summed E-state index contributed by atoms with van der Waals surface area (Å²) < 4.78 is 0. The average molecular weight is 360 g/mol. The highest BCUT2D eigenvalue weighted by Gasteiger charge is 2.43. The van der Waals surface area contributed by atoms with Crippen molar-refractivity contribution in [1.82, 2.24) is 10.6 Å². The first-order chi connectivity index (χ1) is 12.1. The van der Waals surface area contributed by atoms with Crippen LogP contribution in [0.15, 0.2) is 30.3 Å². The van der Waals surface area contributed by atoms with Crippen molar-refractivity contribution in [3.8, 4) is 0 Å². The lowest BCUT2D eigenvalue weighted by Gasteiger charge is -2.17. The number of aliphatic carboxylic acids is 1. The number of nitrogens with one attached hydrogen (secondary N) is 2. The van der Waals surface area contributed by atoms with Gasteiger partial charge in [0.2, 0.25) is 0 Å². The first-order valence-electron chi connectivity index (χ1n) is 8.29. The molecule has 8 heteroatoms. The third kappa shape index (κ3) is 3.86. The number of hydrogen-bond donors (Lipinski definition) is 3. The van der Waals surface area contributed by atoms with Crippen LogP contribution in [0.25, 0.3) is 5.53 Å². The SMILES string of the molecule is [N-]=[N+]=C(c1ccccc1)C(CCC[C@@H]1SC[C@@H]2NC(=O)N[C@@H]21)C(=O)O. The van der Waals surface area contributed by atoms with Crippen LogP contribution in [0.3, 0.4) is 0 Å². The molecule has 1 aromatic carbocycles. The van der Waals surface area contributed by atoms with Crippen LogP contribution in [0.2, 0.25) is 0 Å². The molecule has 3 rings (SSSR count). The van der Waals surface area contributed by atoms with Crippen LogP contribution in [0.4, 0.5) is 4.79 Å². The molecule has 1 unspecified atom stereocenters. The maximum Gasteiger partial charge on any atom is 0.318 e. The zero-order valence-electron chi connectivity index (χ0n) is 13.6. The number of nitrogens with zero attached hydrogens (tertiary/aromatic N) is 2. The molecule has 2 fully saturated rings. The van der Waals surface area contributed by atoms with E-state index in [-0.39, 0.29) is 29.1 Å². The average Bonchev–Trinajstić information content (AvgIpc) is 3.14. The van der Waals surface area contributed by atoms with Crippen molar-refractivity contribution < 1.29 is 19.5 Å². The molecule has 2 aliphatic rings. The van der Waals surface area contributed by atoms with E-state index in [0.29, 0.717) is 18.4 Å². The Morgan fingerprint density at radius 2 is 2.12 bits per heavy atom. The molecule has 2 heterocycles. The Morgan fingerprint density at radius 3 is 2.80 bits per heavy atom. The minimum atomic E-state index is -0.996. The standard InChI is InChI=1S/C17H20N4O3S/c18-21-14(10-5-2-1-3-6-10)11(16(22)23)7-4-8-13-15-12(9-25-13)19-17(24)20-15/h1-3,5-6,11-13,15H,4,7-9H2,(H,22,23)(H2,19,20,24)/t11?,12-,13-,15-/m0/s1. The van der Waals surface area contributed by atoms with E-state index < -0.39 is 11.9 Å². The van der Waals surface area contributed by atoms with Gasteiger partial charge < -0.3 is 21.3 Å². The van der Waals surface area contributed by atoms with Crippen LogP contribution in [-0.2, 0) is 4.79 Å². The smallest absolute Gasteiger partial charge is 0.318 e. The van der Waals surface area contributed by atoms with E-state index in [1.807, 2.05) is 6.07 Å². The predicted molar refractivity (Wildman–Crippen MR) is 94.6 cm³/mol. The molecule has 0 aliphatic carbocycles. The number of carboxylic acids is 1. The highest BCUT2D eigenvalue weighted by molar-refractivity contribution is 8.00. The van der Waals surface area contributed by atoms with E-state index in [4.69, 9.17) is 0 Å². The van der Waals surface area contributed by atoms with Gasteiger partial charge in [0.05, 0.1) is 17.6 Å². The van der Waals surface area contributed by atoms with Gasteiger partial charge in [-0.2, -0.15) is 16.6 Å². The van der Waals surface area contributed by atoms with Gasteiger partial charge in [0.25, 0.3) is 0 Å². The van der Waals surface area contributed by atoms with Gasteiger partial charge in [-0.1, -0.05) is 24.6 Å². The van der Waals surface area contributed by atoms with Crippen molar-refractivity contribution in [2.45, 2.75) is 36.6 Å². The summed E-state index contributed by atoms with van der Waals surface area (Å²) in [7, 11) is 0. The second-order valence-electron chi connectivity index (χ2n) is 6.29. The second-order valence-corrected chi connectivity index (χ2v) is 7.57. The number of thioether (sulfide) groups is 1. The topological polar surface area (TPSA) is 115 Å². The molecule has 4 atom stereocenters. The number of carbonyl (C=O) groups is 2. The van der Waals surface area contributed by atoms with E-state index in [1.54, 1.807) is 36.0 Å². The zero-order valence-corrected chi connectivity index (χ0v) is 14.4. The predicted octanol–water partition coefficient (Wildman–Crippen LogP) is 1.74. The summed E-state index contributed by atoms with van der Waals surface area (Å²) in [6, 6.07) is 9.02. The van der Waals surface area contributed by atoms with Crippen LogP contribution in [-0.4, -0.2) is 50.7 Å². The van der Waals surface area contributed by atoms with Gasteiger partial charge >= 0.3 is 17.7 Å². The monoisotopic (exact) mass is 360 g/mol. The normalized spacial score (nSPS) is 25.4. The van der Waals surface area contributed by atoms with Gasteiger partial charge in [-0.3, -0.25) is 4.79 Å². The number of carbonyl (C=O) groups excluding carboxylic acids is 1. The lowest BCUT2D eigenvalue weighted by atomic mass is 9.91. The zero-order chi connectivity index (χ0) is 17.8. The molecular formula is C17H20N4O3S. The molecule has 3 N–H and O–H groups in total.